The van der Waals surface area contributed by atoms with Crippen LogP contribution >= 0.6 is 15.9 Å². The van der Waals surface area contributed by atoms with Gasteiger partial charge < -0.3 is 10.4 Å². The molecule has 4 nitrogen and oxygen atoms in total. The number of anilines is 1. The molecule has 3 aromatic rings. The Bertz CT molecular complexity index is 818. The summed E-state index contributed by atoms with van der Waals surface area (Å²) in [5.41, 5.74) is 1.19. The van der Waals surface area contributed by atoms with Crippen molar-refractivity contribution in [3.63, 3.8) is 0 Å². The predicted molar refractivity (Wildman–Crippen MR) is 89.5 cm³/mol. The number of nitrogens with one attached hydrogen (secondary N) is 1. The zero-order chi connectivity index (χ0) is 15.5. The average Bonchev–Trinajstić information content (AvgIpc) is 2.55. The molecule has 0 fully saturated rings. The van der Waals surface area contributed by atoms with E-state index in [4.69, 9.17) is 0 Å². The van der Waals surface area contributed by atoms with E-state index in [2.05, 4.69) is 26.2 Å². The monoisotopic (exact) mass is 356 g/mol. The number of aromatic nitrogens is 1. The number of nitrogens with zero attached hydrogens (tertiary/aromatic N) is 1. The molecule has 2 aromatic carbocycles. The van der Waals surface area contributed by atoms with E-state index >= 15 is 0 Å². The highest BCUT2D eigenvalue weighted by Gasteiger charge is 2.17. The maximum atomic E-state index is 12.1. The molecule has 1 heterocycles. The average molecular weight is 357 g/mol. The lowest BCUT2D eigenvalue weighted by Crippen LogP contribution is -2.20. The van der Waals surface area contributed by atoms with Gasteiger partial charge in [-0.3, -0.25) is 9.78 Å². The smallest absolute Gasteiger partial charge is 0.257 e. The van der Waals surface area contributed by atoms with Gasteiger partial charge in [0.25, 0.3) is 5.91 Å². The molecule has 5 heteroatoms. The summed E-state index contributed by atoms with van der Waals surface area (Å²) in [6.45, 7) is 0. The van der Waals surface area contributed by atoms with E-state index in [1.54, 1.807) is 42.7 Å². The van der Waals surface area contributed by atoms with E-state index in [-0.39, 0.29) is 0 Å². The van der Waals surface area contributed by atoms with Gasteiger partial charge in [-0.25, -0.2) is 0 Å². The van der Waals surface area contributed by atoms with E-state index in [9.17, 15) is 9.90 Å². The third kappa shape index (κ3) is 3.16. The van der Waals surface area contributed by atoms with E-state index in [0.717, 1.165) is 15.2 Å². The van der Waals surface area contributed by atoms with E-state index in [1.165, 1.54) is 0 Å². The van der Waals surface area contributed by atoms with Crippen LogP contribution in [0.5, 0.6) is 0 Å². The predicted octanol–water partition coefficient (Wildman–Crippen LogP) is 3.67. The summed E-state index contributed by atoms with van der Waals surface area (Å²) < 4.78 is 0.895. The second-order valence-corrected chi connectivity index (χ2v) is 5.80. The standard InChI is InChI=1S/C17H13BrN2O2/c18-14-4-1-11(2-5-14)16(21)17(22)20-15-6-3-13-10-19-8-7-12(13)9-15/h1-10,16,21H,(H,20,22). The number of carbonyl (C=O) groups is 1. The number of amides is 1. The molecule has 0 radical (unpaired) electrons. The van der Waals surface area contributed by atoms with E-state index in [0.29, 0.717) is 11.3 Å². The molecular formula is C17H13BrN2O2. The first-order valence-electron chi connectivity index (χ1n) is 6.72. The van der Waals surface area contributed by atoms with E-state index < -0.39 is 12.0 Å². The number of carbonyl (C=O) groups excluding carboxylic acids is 1. The summed E-state index contributed by atoms with van der Waals surface area (Å²) in [4.78, 5) is 16.2. The second kappa shape index (κ2) is 6.25. The number of hydrogen-bond donors (Lipinski definition) is 2. The van der Waals surface area contributed by atoms with Crippen LogP contribution < -0.4 is 5.32 Å². The molecule has 2 N–H and O–H groups in total. The Hall–Kier alpha value is -2.24. The Kier molecular flexibility index (Phi) is 4.18. The Balaban J connectivity index is 1.78. The van der Waals surface area contributed by atoms with Crippen LogP contribution in [0.15, 0.2) is 65.4 Å². The van der Waals surface area contributed by atoms with E-state index in [1.807, 2.05) is 18.2 Å². The summed E-state index contributed by atoms with van der Waals surface area (Å²) >= 11 is 3.32. The lowest BCUT2D eigenvalue weighted by molar-refractivity contribution is -0.124. The van der Waals surface area contributed by atoms with Crippen LogP contribution in [0.4, 0.5) is 5.69 Å². The topological polar surface area (TPSA) is 62.2 Å². The molecule has 0 bridgehead atoms. The summed E-state index contributed by atoms with van der Waals surface area (Å²) in [6, 6.07) is 14.4. The molecule has 1 amide bonds. The van der Waals surface area contributed by atoms with Gasteiger partial charge in [0.05, 0.1) is 0 Å². The molecule has 0 spiro atoms. The van der Waals surface area contributed by atoms with Gasteiger partial charge in [-0.05, 0) is 41.3 Å². The fourth-order valence-electron chi connectivity index (χ4n) is 2.17. The fourth-order valence-corrected chi connectivity index (χ4v) is 2.43. The van der Waals surface area contributed by atoms with Crippen molar-refractivity contribution in [2.24, 2.45) is 0 Å². The van der Waals surface area contributed by atoms with Crippen LogP contribution in [-0.4, -0.2) is 16.0 Å². The van der Waals surface area contributed by atoms with Gasteiger partial charge in [0, 0.05) is 27.9 Å². The maximum absolute atomic E-state index is 12.1. The number of hydrogen-bond acceptors (Lipinski definition) is 3. The molecule has 3 rings (SSSR count). The van der Waals surface area contributed by atoms with Gasteiger partial charge >= 0.3 is 0 Å². The highest BCUT2D eigenvalue weighted by atomic mass is 79.9. The lowest BCUT2D eigenvalue weighted by atomic mass is 10.1. The Labute approximate surface area is 135 Å². The molecule has 22 heavy (non-hydrogen) atoms. The van der Waals surface area contributed by atoms with Crippen LogP contribution in [0.3, 0.4) is 0 Å². The minimum Gasteiger partial charge on any atom is -0.378 e. The van der Waals surface area contributed by atoms with Gasteiger partial charge in [-0.1, -0.05) is 34.1 Å². The second-order valence-electron chi connectivity index (χ2n) is 4.88. The molecule has 110 valence electrons. The van der Waals surface area contributed by atoms with Crippen molar-refractivity contribution in [2.75, 3.05) is 5.32 Å². The lowest BCUT2D eigenvalue weighted by Gasteiger charge is -2.12. The molecule has 0 aliphatic heterocycles. The van der Waals surface area contributed by atoms with Crippen molar-refractivity contribution < 1.29 is 9.90 Å². The zero-order valence-electron chi connectivity index (χ0n) is 11.5. The Morgan fingerprint density at radius 3 is 2.64 bits per heavy atom. The minimum absolute atomic E-state index is 0.462. The van der Waals surface area contributed by atoms with Crippen LogP contribution in [0.2, 0.25) is 0 Å². The van der Waals surface area contributed by atoms with Crippen LogP contribution in [0.1, 0.15) is 11.7 Å². The quantitative estimate of drug-likeness (QED) is 0.752. The number of benzene rings is 2. The molecule has 0 aliphatic carbocycles. The molecule has 0 saturated carbocycles. The Morgan fingerprint density at radius 2 is 1.86 bits per heavy atom. The van der Waals surface area contributed by atoms with Crippen LogP contribution in [0.25, 0.3) is 10.8 Å². The maximum Gasteiger partial charge on any atom is 0.257 e. The van der Waals surface area contributed by atoms with Crippen molar-refractivity contribution >= 4 is 38.3 Å². The van der Waals surface area contributed by atoms with Crippen LogP contribution in [-0.2, 0) is 4.79 Å². The molecule has 1 unspecified atom stereocenters. The highest BCUT2D eigenvalue weighted by molar-refractivity contribution is 9.10. The minimum atomic E-state index is -1.21. The van der Waals surface area contributed by atoms with Gasteiger partial charge in [-0.15, -0.1) is 0 Å². The third-order valence-corrected chi connectivity index (χ3v) is 3.87. The Morgan fingerprint density at radius 1 is 1.09 bits per heavy atom. The summed E-state index contributed by atoms with van der Waals surface area (Å²) in [7, 11) is 0. The van der Waals surface area contributed by atoms with Gasteiger partial charge in [0.15, 0.2) is 6.10 Å². The van der Waals surface area contributed by atoms with Crippen molar-refractivity contribution in [1.82, 2.24) is 4.98 Å². The highest BCUT2D eigenvalue weighted by Crippen LogP contribution is 2.21. The number of aliphatic hydroxyl groups excluding tert-OH is 1. The molecule has 0 saturated heterocycles. The first-order chi connectivity index (χ1) is 10.6. The van der Waals surface area contributed by atoms with Gasteiger partial charge in [-0.2, -0.15) is 0 Å². The summed E-state index contributed by atoms with van der Waals surface area (Å²) in [5, 5.41) is 14.8. The molecule has 0 aliphatic rings. The van der Waals surface area contributed by atoms with Gasteiger partial charge in [0.2, 0.25) is 0 Å². The fraction of sp³-hybridized carbons (Fsp3) is 0.0588. The molecule has 1 aromatic heterocycles. The summed E-state index contributed by atoms with van der Waals surface area (Å²) in [6.07, 6.45) is 2.25. The normalized spacial score (nSPS) is 12.1. The summed E-state index contributed by atoms with van der Waals surface area (Å²) in [5.74, 6) is -0.462. The third-order valence-electron chi connectivity index (χ3n) is 3.34. The number of halogens is 1. The van der Waals surface area contributed by atoms with Crippen molar-refractivity contribution in [1.29, 1.82) is 0 Å². The largest absolute Gasteiger partial charge is 0.378 e. The molecular weight excluding hydrogens is 344 g/mol. The van der Waals surface area contributed by atoms with Crippen molar-refractivity contribution in [2.45, 2.75) is 6.10 Å². The number of rotatable bonds is 3. The van der Waals surface area contributed by atoms with Crippen molar-refractivity contribution in [3.05, 3.63) is 71.0 Å². The number of fused-ring (bicyclic) bond motifs is 1. The number of aliphatic hydroxyl groups is 1. The first kappa shape index (κ1) is 14.7. The number of pyridine rings is 1. The SMILES string of the molecule is O=C(Nc1ccc2cnccc2c1)C(O)c1ccc(Br)cc1. The van der Waals surface area contributed by atoms with Crippen LogP contribution in [0, 0.1) is 0 Å². The zero-order valence-corrected chi connectivity index (χ0v) is 13.1. The first-order valence-corrected chi connectivity index (χ1v) is 7.51. The molecule has 1 atom stereocenters. The van der Waals surface area contributed by atoms with Gasteiger partial charge in [0.1, 0.15) is 0 Å². The van der Waals surface area contributed by atoms with Crippen molar-refractivity contribution in [3.8, 4) is 0 Å².